The molecule has 1 fully saturated rings. The van der Waals surface area contributed by atoms with Gasteiger partial charge in [-0.15, -0.1) is 0 Å². The van der Waals surface area contributed by atoms with Crippen molar-refractivity contribution in [3.8, 4) is 0 Å². The molecule has 1 N–H and O–H groups in total. The number of rotatable bonds is 5. The smallest absolute Gasteiger partial charge is 0.223 e. The molecule has 22 heavy (non-hydrogen) atoms. The highest BCUT2D eigenvalue weighted by Gasteiger charge is 2.26. The van der Waals surface area contributed by atoms with Gasteiger partial charge in [0, 0.05) is 18.5 Å². The van der Waals surface area contributed by atoms with Gasteiger partial charge in [-0.2, -0.15) is 0 Å². The minimum absolute atomic E-state index is 0.190. The van der Waals surface area contributed by atoms with E-state index in [1.807, 2.05) is 0 Å². The van der Waals surface area contributed by atoms with Crippen LogP contribution in [0.25, 0.3) is 0 Å². The molecule has 0 saturated carbocycles. The summed E-state index contributed by atoms with van der Waals surface area (Å²) in [7, 11) is 0. The fourth-order valence-corrected chi connectivity index (χ4v) is 2.93. The van der Waals surface area contributed by atoms with Gasteiger partial charge >= 0.3 is 0 Å². The lowest BCUT2D eigenvalue weighted by molar-refractivity contribution is -0.127. The van der Waals surface area contributed by atoms with Crippen molar-refractivity contribution in [2.45, 2.75) is 53.1 Å². The van der Waals surface area contributed by atoms with Gasteiger partial charge in [0.25, 0.3) is 0 Å². The van der Waals surface area contributed by atoms with Gasteiger partial charge in [0.15, 0.2) is 0 Å². The molecule has 122 valence electrons. The molecular weight excluding hydrogens is 272 g/mol. The number of hydrogen-bond donors (Lipinski definition) is 1. The number of piperidine rings is 1. The van der Waals surface area contributed by atoms with E-state index in [4.69, 9.17) is 0 Å². The molecule has 1 aliphatic rings. The lowest BCUT2D eigenvalue weighted by Crippen LogP contribution is -2.44. The Kier molecular flexibility index (Phi) is 6.01. The summed E-state index contributed by atoms with van der Waals surface area (Å²) < 4.78 is 0. The van der Waals surface area contributed by atoms with Crippen LogP contribution in [-0.2, 0) is 11.3 Å². The molecule has 1 aliphatic heterocycles. The third kappa shape index (κ3) is 4.84. The summed E-state index contributed by atoms with van der Waals surface area (Å²) in [5, 5.41) is 3.16. The van der Waals surface area contributed by atoms with Crippen molar-refractivity contribution in [2.75, 3.05) is 13.1 Å². The van der Waals surface area contributed by atoms with Crippen LogP contribution in [0.1, 0.15) is 44.7 Å². The van der Waals surface area contributed by atoms with Gasteiger partial charge in [0.05, 0.1) is 0 Å². The van der Waals surface area contributed by atoms with Gasteiger partial charge < -0.3 is 5.32 Å². The second kappa shape index (κ2) is 7.77. The van der Waals surface area contributed by atoms with E-state index in [2.05, 4.69) is 62.2 Å². The van der Waals surface area contributed by atoms with Crippen LogP contribution in [0.2, 0.25) is 0 Å². The first-order chi connectivity index (χ1) is 10.5. The van der Waals surface area contributed by atoms with E-state index in [1.165, 1.54) is 11.1 Å². The zero-order valence-electron chi connectivity index (χ0n) is 14.4. The second-order valence-electron chi connectivity index (χ2n) is 7.08. The first-order valence-electron chi connectivity index (χ1n) is 8.54. The predicted octanol–water partition coefficient (Wildman–Crippen LogP) is 3.37. The predicted molar refractivity (Wildman–Crippen MR) is 91.6 cm³/mol. The van der Waals surface area contributed by atoms with Gasteiger partial charge in [-0.05, 0) is 51.3 Å². The average Bonchev–Trinajstić information content (AvgIpc) is 2.47. The average molecular weight is 302 g/mol. The fourth-order valence-electron chi connectivity index (χ4n) is 2.93. The monoisotopic (exact) mass is 302 g/mol. The van der Waals surface area contributed by atoms with Crippen molar-refractivity contribution in [1.29, 1.82) is 0 Å². The summed E-state index contributed by atoms with van der Waals surface area (Å²) >= 11 is 0. The molecule has 0 aliphatic carbocycles. The Morgan fingerprint density at radius 3 is 2.55 bits per heavy atom. The summed E-state index contributed by atoms with van der Waals surface area (Å²) in [6.45, 7) is 11.6. The van der Waals surface area contributed by atoms with E-state index >= 15 is 0 Å². The van der Waals surface area contributed by atoms with E-state index in [0.717, 1.165) is 32.5 Å². The molecular formula is C19H30N2O. The van der Waals surface area contributed by atoms with Crippen LogP contribution in [0.5, 0.6) is 0 Å². The summed E-state index contributed by atoms with van der Waals surface area (Å²) in [5.74, 6) is 0.928. The number of likely N-dealkylation sites (tertiary alicyclic amines) is 1. The van der Waals surface area contributed by atoms with Crippen molar-refractivity contribution in [3.63, 3.8) is 0 Å². The fraction of sp³-hybridized carbons (Fsp3) is 0.632. The molecule has 0 unspecified atom stereocenters. The normalized spacial score (nSPS) is 18.4. The highest BCUT2D eigenvalue weighted by Crippen LogP contribution is 2.20. The van der Waals surface area contributed by atoms with Crippen molar-refractivity contribution >= 4 is 5.91 Å². The quantitative estimate of drug-likeness (QED) is 0.904. The van der Waals surface area contributed by atoms with Crippen LogP contribution in [0.15, 0.2) is 24.3 Å². The number of amides is 1. The number of nitrogens with one attached hydrogen (secondary N) is 1. The zero-order chi connectivity index (χ0) is 16.1. The maximum atomic E-state index is 12.3. The van der Waals surface area contributed by atoms with E-state index in [9.17, 15) is 4.79 Å². The first-order valence-corrected chi connectivity index (χ1v) is 8.54. The third-order valence-corrected chi connectivity index (χ3v) is 4.82. The Hall–Kier alpha value is -1.35. The first kappa shape index (κ1) is 17.0. The van der Waals surface area contributed by atoms with Crippen molar-refractivity contribution in [3.05, 3.63) is 35.4 Å². The number of hydrogen-bond acceptors (Lipinski definition) is 2. The molecule has 2 rings (SSSR count). The van der Waals surface area contributed by atoms with E-state index in [1.54, 1.807) is 0 Å². The maximum absolute atomic E-state index is 12.3. The molecule has 1 heterocycles. The standard InChI is InChI=1S/C19H30N2O/c1-14(2)16(4)20-19(22)18-8-10-21(11-9-18)13-17-7-5-6-15(3)12-17/h5-7,12,14,16,18H,8-11,13H2,1-4H3,(H,20,22)/t16-/m0/s1. The largest absolute Gasteiger partial charge is 0.353 e. The molecule has 0 spiro atoms. The van der Waals surface area contributed by atoms with Gasteiger partial charge in [0.2, 0.25) is 5.91 Å². The number of carbonyl (C=O) groups excluding carboxylic acids is 1. The number of aryl methyl sites for hydroxylation is 1. The summed E-state index contributed by atoms with van der Waals surface area (Å²) in [5.41, 5.74) is 2.69. The van der Waals surface area contributed by atoms with Crippen LogP contribution >= 0.6 is 0 Å². The van der Waals surface area contributed by atoms with Crippen molar-refractivity contribution < 1.29 is 4.79 Å². The highest BCUT2D eigenvalue weighted by atomic mass is 16.1. The molecule has 1 saturated heterocycles. The zero-order valence-corrected chi connectivity index (χ0v) is 14.4. The molecule has 1 aromatic rings. The SMILES string of the molecule is Cc1cccc(CN2CCC(C(=O)N[C@@H](C)C(C)C)CC2)c1. The van der Waals surface area contributed by atoms with Crippen LogP contribution in [0.4, 0.5) is 0 Å². The molecule has 0 radical (unpaired) electrons. The molecule has 1 atom stereocenters. The minimum Gasteiger partial charge on any atom is -0.353 e. The molecule has 1 aromatic carbocycles. The lowest BCUT2D eigenvalue weighted by Gasteiger charge is -2.32. The number of carbonyl (C=O) groups is 1. The lowest BCUT2D eigenvalue weighted by atomic mass is 9.94. The Morgan fingerprint density at radius 2 is 1.95 bits per heavy atom. The Balaban J connectivity index is 1.79. The van der Waals surface area contributed by atoms with Crippen LogP contribution < -0.4 is 5.32 Å². The third-order valence-electron chi connectivity index (χ3n) is 4.82. The van der Waals surface area contributed by atoms with Crippen LogP contribution in [0.3, 0.4) is 0 Å². The van der Waals surface area contributed by atoms with Gasteiger partial charge in [0.1, 0.15) is 0 Å². The van der Waals surface area contributed by atoms with Gasteiger partial charge in [-0.1, -0.05) is 43.7 Å². The van der Waals surface area contributed by atoms with E-state index in [0.29, 0.717) is 5.92 Å². The summed E-state index contributed by atoms with van der Waals surface area (Å²) in [4.78, 5) is 14.8. The summed E-state index contributed by atoms with van der Waals surface area (Å²) in [6.07, 6.45) is 1.95. The van der Waals surface area contributed by atoms with Crippen molar-refractivity contribution in [2.24, 2.45) is 11.8 Å². The van der Waals surface area contributed by atoms with Gasteiger partial charge in [-0.3, -0.25) is 9.69 Å². The van der Waals surface area contributed by atoms with Crippen molar-refractivity contribution in [1.82, 2.24) is 10.2 Å². The second-order valence-corrected chi connectivity index (χ2v) is 7.08. The Morgan fingerprint density at radius 1 is 1.27 bits per heavy atom. The van der Waals surface area contributed by atoms with Crippen LogP contribution in [0, 0.1) is 18.8 Å². The Labute approximate surface area is 135 Å². The van der Waals surface area contributed by atoms with E-state index < -0.39 is 0 Å². The molecule has 1 amide bonds. The minimum atomic E-state index is 0.190. The molecule has 0 aromatic heterocycles. The van der Waals surface area contributed by atoms with E-state index in [-0.39, 0.29) is 17.9 Å². The number of nitrogens with zero attached hydrogens (tertiary/aromatic N) is 1. The Bertz CT molecular complexity index is 490. The maximum Gasteiger partial charge on any atom is 0.223 e. The molecule has 3 nitrogen and oxygen atoms in total. The highest BCUT2D eigenvalue weighted by molar-refractivity contribution is 5.79. The topological polar surface area (TPSA) is 32.3 Å². The van der Waals surface area contributed by atoms with Gasteiger partial charge in [-0.25, -0.2) is 0 Å². The molecule has 0 bridgehead atoms. The van der Waals surface area contributed by atoms with Crippen LogP contribution in [-0.4, -0.2) is 29.9 Å². The number of benzene rings is 1. The summed E-state index contributed by atoms with van der Waals surface area (Å²) in [6, 6.07) is 8.96. The molecule has 3 heteroatoms.